The zero-order valence-electron chi connectivity index (χ0n) is 41.5. The summed E-state index contributed by atoms with van der Waals surface area (Å²) in [7, 11) is 0. The molecule has 2 heteroatoms. The van der Waals surface area contributed by atoms with E-state index in [1.54, 1.807) is 0 Å². The largest absolute Gasteiger partial charge is 0.310 e. The van der Waals surface area contributed by atoms with Crippen LogP contribution in [-0.4, -0.2) is 4.57 Å². The van der Waals surface area contributed by atoms with Crippen LogP contribution in [0.15, 0.2) is 279 Å². The first-order valence-corrected chi connectivity index (χ1v) is 26.6. The Morgan fingerprint density at radius 1 is 0.263 bits per heavy atom. The highest BCUT2D eigenvalue weighted by molar-refractivity contribution is 6.13. The normalized spacial score (nSPS) is 15.3. The minimum Gasteiger partial charge on any atom is -0.310 e. The van der Waals surface area contributed by atoms with E-state index in [-0.39, 0.29) is 0 Å². The Hall–Kier alpha value is -9.76. The van der Waals surface area contributed by atoms with Gasteiger partial charge in [-0.15, -0.1) is 0 Å². The molecule has 0 amide bonds. The van der Waals surface area contributed by atoms with Crippen molar-refractivity contribution >= 4 is 38.9 Å². The fourth-order valence-corrected chi connectivity index (χ4v) is 14.8. The van der Waals surface area contributed by atoms with Gasteiger partial charge < -0.3 is 9.47 Å². The summed E-state index contributed by atoms with van der Waals surface area (Å²) in [6.45, 7) is 0. The maximum Gasteiger partial charge on any atom is 0.0754 e. The van der Waals surface area contributed by atoms with E-state index in [1.807, 2.05) is 0 Å². The summed E-state index contributed by atoms with van der Waals surface area (Å²) >= 11 is 0. The molecule has 0 N–H and O–H groups in total. The van der Waals surface area contributed by atoms with Crippen molar-refractivity contribution in [3.63, 3.8) is 0 Å². The van der Waals surface area contributed by atoms with Crippen LogP contribution < -0.4 is 4.90 Å². The lowest BCUT2D eigenvalue weighted by molar-refractivity contribution is 0.748. The third-order valence-electron chi connectivity index (χ3n) is 17.6. The van der Waals surface area contributed by atoms with Gasteiger partial charge in [-0.25, -0.2) is 0 Å². The van der Waals surface area contributed by atoms with E-state index < -0.39 is 10.8 Å². The minimum absolute atomic E-state index is 0.499. The molecule has 0 saturated carbocycles. The molecule has 2 nitrogen and oxygen atoms in total. The molecule has 2 spiro atoms. The van der Waals surface area contributed by atoms with Gasteiger partial charge in [-0.2, -0.15) is 0 Å². The second-order valence-electron chi connectivity index (χ2n) is 21.0. The number of rotatable bonds is 5. The first kappa shape index (κ1) is 41.7. The molecule has 12 aromatic carbocycles. The van der Waals surface area contributed by atoms with Crippen LogP contribution in [0.1, 0.15) is 44.5 Å². The van der Waals surface area contributed by atoms with Gasteiger partial charge in [-0.05, 0) is 137 Å². The van der Waals surface area contributed by atoms with Crippen LogP contribution in [0.4, 0.5) is 17.1 Å². The van der Waals surface area contributed by atoms with Gasteiger partial charge in [0, 0.05) is 27.7 Å². The maximum absolute atomic E-state index is 2.56. The molecule has 1 aromatic heterocycles. The van der Waals surface area contributed by atoms with E-state index in [0.717, 1.165) is 22.6 Å². The lowest BCUT2D eigenvalue weighted by Crippen LogP contribution is -2.33. The predicted octanol–water partition coefficient (Wildman–Crippen LogP) is 18.6. The fraction of sp³-hybridized carbons (Fsp3) is 0.0270. The van der Waals surface area contributed by atoms with E-state index in [0.29, 0.717) is 0 Å². The van der Waals surface area contributed by atoms with Gasteiger partial charge in [0.1, 0.15) is 0 Å². The summed E-state index contributed by atoms with van der Waals surface area (Å²) in [5.74, 6) is 0. The van der Waals surface area contributed by atoms with Crippen LogP contribution in [0.3, 0.4) is 0 Å². The van der Waals surface area contributed by atoms with Gasteiger partial charge >= 0.3 is 0 Å². The Kier molecular flexibility index (Phi) is 8.44. The lowest BCUT2D eigenvalue weighted by atomic mass is 9.65. The molecule has 13 aromatic rings. The Bertz CT molecular complexity index is 4550. The van der Waals surface area contributed by atoms with Gasteiger partial charge in [-0.3, -0.25) is 0 Å². The van der Waals surface area contributed by atoms with Crippen LogP contribution >= 0.6 is 0 Å². The smallest absolute Gasteiger partial charge is 0.0754 e. The van der Waals surface area contributed by atoms with Crippen LogP contribution in [0.5, 0.6) is 0 Å². The molecular weight excluding hydrogens is 917 g/mol. The summed E-state index contributed by atoms with van der Waals surface area (Å²) in [6, 6.07) is 105. The highest BCUT2D eigenvalue weighted by Crippen LogP contribution is 2.65. The Morgan fingerprint density at radius 3 is 1.42 bits per heavy atom. The van der Waals surface area contributed by atoms with Gasteiger partial charge in [0.2, 0.25) is 0 Å². The number of hydrogen-bond donors (Lipinski definition) is 0. The maximum atomic E-state index is 2.56. The molecule has 0 bridgehead atoms. The standard InChI is InChI=1S/C74H46N2/c1-2-21-47(22-3-1)50-23-4-5-24-51(50)57-29-10-17-38-69(57)75(49-41-43-56-54-27-8-14-34-63(54)73(68(56)46-49)61-32-12-6-25-52(61)53-26-7-13-33-62(53)73)48-42-44-65-60(45-48)55-28-9-15-35-64(55)74(65)66-36-16-19-40-71(66)76-70-39-18-11-30-58(70)59-31-20-37-67(74)72(59)76/h1-46H. The van der Waals surface area contributed by atoms with Crippen molar-refractivity contribution in [2.24, 2.45) is 0 Å². The van der Waals surface area contributed by atoms with Gasteiger partial charge in [0.25, 0.3) is 0 Å². The molecule has 0 radical (unpaired) electrons. The molecule has 4 aliphatic rings. The molecule has 352 valence electrons. The first-order chi connectivity index (χ1) is 37.7. The van der Waals surface area contributed by atoms with Crippen LogP contribution in [0.25, 0.3) is 83.1 Å². The second-order valence-corrected chi connectivity index (χ2v) is 21.0. The van der Waals surface area contributed by atoms with Crippen molar-refractivity contribution in [1.29, 1.82) is 0 Å². The van der Waals surface area contributed by atoms with E-state index in [2.05, 4.69) is 289 Å². The van der Waals surface area contributed by atoms with Crippen LogP contribution in [0.2, 0.25) is 0 Å². The molecule has 3 aliphatic carbocycles. The number of fused-ring (bicyclic) bond motifs is 22. The van der Waals surface area contributed by atoms with Crippen molar-refractivity contribution in [3.8, 4) is 61.3 Å². The lowest BCUT2D eigenvalue weighted by Gasteiger charge is -2.39. The second kappa shape index (κ2) is 15.4. The fourth-order valence-electron chi connectivity index (χ4n) is 14.8. The predicted molar refractivity (Wildman–Crippen MR) is 313 cm³/mol. The number of anilines is 3. The highest BCUT2D eigenvalue weighted by Gasteiger charge is 2.53. The zero-order chi connectivity index (χ0) is 49.7. The molecule has 17 rings (SSSR count). The molecule has 1 aliphatic heterocycles. The summed E-state index contributed by atoms with van der Waals surface area (Å²) in [4.78, 5) is 2.56. The van der Waals surface area contributed by atoms with Crippen molar-refractivity contribution in [2.45, 2.75) is 10.8 Å². The highest BCUT2D eigenvalue weighted by atomic mass is 15.1. The number of aromatic nitrogens is 1. The molecule has 1 atom stereocenters. The van der Waals surface area contributed by atoms with E-state index in [4.69, 9.17) is 0 Å². The number of para-hydroxylation sites is 4. The molecule has 0 fully saturated rings. The average molecular weight is 963 g/mol. The van der Waals surface area contributed by atoms with E-state index in [1.165, 1.54) is 122 Å². The Morgan fingerprint density at radius 2 is 0.724 bits per heavy atom. The number of nitrogens with zero attached hydrogens (tertiary/aromatic N) is 2. The monoisotopic (exact) mass is 962 g/mol. The van der Waals surface area contributed by atoms with Gasteiger partial charge in [0.15, 0.2) is 0 Å². The average Bonchev–Trinajstić information content (AvgIpc) is 4.39. The number of hydrogen-bond acceptors (Lipinski definition) is 1. The van der Waals surface area contributed by atoms with Crippen molar-refractivity contribution in [3.05, 3.63) is 324 Å². The van der Waals surface area contributed by atoms with Gasteiger partial charge in [-0.1, -0.05) is 237 Å². The quantitative estimate of drug-likeness (QED) is 0.167. The molecule has 2 heterocycles. The topological polar surface area (TPSA) is 8.17 Å². The minimum atomic E-state index is -0.558. The van der Waals surface area contributed by atoms with Crippen molar-refractivity contribution in [1.82, 2.24) is 4.57 Å². The van der Waals surface area contributed by atoms with E-state index >= 15 is 0 Å². The Labute approximate surface area is 441 Å². The third kappa shape index (κ3) is 5.20. The third-order valence-corrected chi connectivity index (χ3v) is 17.6. The van der Waals surface area contributed by atoms with Crippen molar-refractivity contribution in [2.75, 3.05) is 4.90 Å². The SMILES string of the molecule is c1ccc(-c2ccccc2-c2ccccc2N(c2ccc3c(c2)-c2ccccc2C32c3ccccc3-n3c4ccccc4c4cccc2c43)c2ccc3c(c2)C2(c4ccccc4-c4ccccc42)c2ccccc2-3)cc1. The molecule has 1 unspecified atom stereocenters. The first-order valence-electron chi connectivity index (χ1n) is 26.6. The van der Waals surface area contributed by atoms with Crippen LogP contribution in [-0.2, 0) is 10.8 Å². The van der Waals surface area contributed by atoms with Crippen LogP contribution in [0, 0.1) is 0 Å². The molecular formula is C74H46N2. The van der Waals surface area contributed by atoms with E-state index in [9.17, 15) is 0 Å². The molecule has 0 saturated heterocycles. The summed E-state index contributed by atoms with van der Waals surface area (Å²) in [6.07, 6.45) is 0. The summed E-state index contributed by atoms with van der Waals surface area (Å²) < 4.78 is 2.53. The summed E-state index contributed by atoms with van der Waals surface area (Å²) in [5, 5.41) is 2.56. The van der Waals surface area contributed by atoms with Crippen molar-refractivity contribution < 1.29 is 0 Å². The zero-order valence-corrected chi connectivity index (χ0v) is 41.5. The Balaban J connectivity index is 0.952. The van der Waals surface area contributed by atoms with Gasteiger partial charge in [0.05, 0.1) is 33.2 Å². The summed E-state index contributed by atoms with van der Waals surface area (Å²) in [5.41, 5.74) is 29.0. The molecule has 76 heavy (non-hydrogen) atoms. The number of benzene rings is 12.